The molecule has 4 heterocycles. The molecule has 3 amide bonds. The number of hydrogen-bond donors (Lipinski definition) is 4. The summed E-state index contributed by atoms with van der Waals surface area (Å²) in [5.41, 5.74) is 3.71. The normalized spacial score (nSPS) is 17.7. The maximum Gasteiger partial charge on any atom is 0.319 e. The van der Waals surface area contributed by atoms with Gasteiger partial charge in [0.2, 0.25) is 6.67 Å². The summed E-state index contributed by atoms with van der Waals surface area (Å²) in [6.07, 6.45) is 7.17. The molecule has 0 bridgehead atoms. The topological polar surface area (TPSA) is 137 Å². The molecule has 203 valence electrons. The molecule has 12 heteroatoms. The van der Waals surface area contributed by atoms with E-state index in [0.717, 1.165) is 22.8 Å². The first-order chi connectivity index (χ1) is 18.9. The van der Waals surface area contributed by atoms with Gasteiger partial charge in [-0.25, -0.2) is 9.78 Å². The number of hydrogen-bond acceptors (Lipinski definition) is 9. The largest absolute Gasteiger partial charge is 0.394 e. The summed E-state index contributed by atoms with van der Waals surface area (Å²) in [6.45, 7) is 6.29. The van der Waals surface area contributed by atoms with Crippen LogP contribution in [-0.2, 0) is 4.74 Å². The first kappa shape index (κ1) is 26.4. The number of nitrogens with zero attached hydrogens (tertiary/aromatic N) is 5. The summed E-state index contributed by atoms with van der Waals surface area (Å²) in [4.78, 5) is 39.9. The second-order valence-corrected chi connectivity index (χ2v) is 9.47. The number of ether oxygens (including phenoxy) is 1. The van der Waals surface area contributed by atoms with Crippen LogP contribution in [0.4, 0.5) is 22.0 Å². The standard InChI is InChI=1S/C27H32N8O4/c1-18(16-36)30-27(38)32-21-4-3-5-23(19(21)2)35-15-22(25-28-8-9-34(25)17-35)31-24-7-6-20(14-29-24)26(37)33-10-12-39-13-11-33/h3-9,14-15,18,36H,10-13,16-17H2,1-2H3,(H,29,31)(H2,30,32,38)/q+1/t18-/m1/s1. The van der Waals surface area contributed by atoms with Gasteiger partial charge in [0.1, 0.15) is 11.5 Å². The van der Waals surface area contributed by atoms with Crippen molar-refractivity contribution < 1.29 is 19.4 Å². The van der Waals surface area contributed by atoms with Crippen molar-refractivity contribution in [2.45, 2.75) is 19.9 Å². The number of fused-ring (bicyclic) bond motifs is 1. The zero-order valence-corrected chi connectivity index (χ0v) is 21.9. The number of aromatic nitrogens is 1. The number of aliphatic hydroxyl groups is 1. The summed E-state index contributed by atoms with van der Waals surface area (Å²) in [5, 5.41) is 18.1. The van der Waals surface area contributed by atoms with E-state index in [4.69, 9.17) is 4.74 Å². The fourth-order valence-corrected chi connectivity index (χ4v) is 4.50. The molecule has 12 nitrogen and oxygen atoms in total. The quantitative estimate of drug-likeness (QED) is 0.401. The molecule has 1 saturated heterocycles. The molecule has 4 N–H and O–H groups in total. The highest BCUT2D eigenvalue weighted by atomic mass is 16.5. The lowest BCUT2D eigenvalue weighted by Crippen LogP contribution is -2.46. The molecule has 1 fully saturated rings. The number of carbonyl (C=O) groups is 2. The van der Waals surface area contributed by atoms with Crippen molar-refractivity contribution in [3.8, 4) is 0 Å². The Kier molecular flexibility index (Phi) is 7.87. The minimum absolute atomic E-state index is 0.0561. The van der Waals surface area contributed by atoms with E-state index in [0.29, 0.717) is 50.0 Å². The third-order valence-electron chi connectivity index (χ3n) is 6.63. The smallest absolute Gasteiger partial charge is 0.319 e. The minimum atomic E-state index is -0.383. The number of amides is 3. The highest BCUT2D eigenvalue weighted by Crippen LogP contribution is 2.30. The lowest BCUT2D eigenvalue weighted by Gasteiger charge is -2.28. The van der Waals surface area contributed by atoms with E-state index in [2.05, 4.69) is 30.8 Å². The van der Waals surface area contributed by atoms with Crippen LogP contribution in [0.15, 0.2) is 65.8 Å². The summed E-state index contributed by atoms with van der Waals surface area (Å²) in [7, 11) is 0. The Morgan fingerprint density at radius 3 is 2.77 bits per heavy atom. The Morgan fingerprint density at radius 2 is 2.03 bits per heavy atom. The van der Waals surface area contributed by atoms with Crippen molar-refractivity contribution in [1.82, 2.24) is 20.1 Å². The van der Waals surface area contributed by atoms with Crippen molar-refractivity contribution in [3.63, 3.8) is 0 Å². The highest BCUT2D eigenvalue weighted by Gasteiger charge is 2.36. The number of amidine groups is 1. The zero-order valence-electron chi connectivity index (χ0n) is 21.9. The van der Waals surface area contributed by atoms with Gasteiger partial charge in [0.05, 0.1) is 43.3 Å². The van der Waals surface area contributed by atoms with Gasteiger partial charge < -0.3 is 30.7 Å². The van der Waals surface area contributed by atoms with E-state index >= 15 is 0 Å². The van der Waals surface area contributed by atoms with Crippen molar-refractivity contribution in [2.75, 3.05) is 55.1 Å². The Labute approximate surface area is 226 Å². The van der Waals surface area contributed by atoms with E-state index in [-0.39, 0.29) is 24.6 Å². The molecule has 0 unspecified atom stereocenters. The number of morpholine rings is 1. The summed E-state index contributed by atoms with van der Waals surface area (Å²) in [6, 6.07) is 8.50. The maximum atomic E-state index is 12.8. The number of rotatable bonds is 7. The van der Waals surface area contributed by atoms with Crippen molar-refractivity contribution >= 4 is 35.0 Å². The fraction of sp³-hybridized carbons (Fsp3) is 0.333. The second kappa shape index (κ2) is 11.6. The van der Waals surface area contributed by atoms with Crippen molar-refractivity contribution in [1.29, 1.82) is 0 Å². The van der Waals surface area contributed by atoms with E-state index in [1.165, 1.54) is 0 Å². The van der Waals surface area contributed by atoms with Gasteiger partial charge in [-0.1, -0.05) is 11.0 Å². The molecule has 0 spiro atoms. The zero-order chi connectivity index (χ0) is 27.4. The van der Waals surface area contributed by atoms with Gasteiger partial charge in [-0.3, -0.25) is 9.69 Å². The first-order valence-corrected chi connectivity index (χ1v) is 12.8. The number of nitrogens with one attached hydrogen (secondary N) is 3. The van der Waals surface area contributed by atoms with Crippen LogP contribution in [0.1, 0.15) is 22.8 Å². The van der Waals surface area contributed by atoms with Gasteiger partial charge in [0.25, 0.3) is 5.91 Å². The van der Waals surface area contributed by atoms with Crippen LogP contribution in [0.2, 0.25) is 0 Å². The number of pyridine rings is 1. The number of carbonyl (C=O) groups excluding carboxylic acids is 2. The minimum Gasteiger partial charge on any atom is -0.394 e. The molecule has 0 aliphatic carbocycles. The highest BCUT2D eigenvalue weighted by molar-refractivity contribution is 6.06. The summed E-state index contributed by atoms with van der Waals surface area (Å²) in [5.74, 6) is 1.28. The summed E-state index contributed by atoms with van der Waals surface area (Å²) < 4.78 is 5.33. The molecular formula is C27H32N8O4+. The molecule has 1 atom stereocenters. The lowest BCUT2D eigenvalue weighted by atomic mass is 10.1. The summed E-state index contributed by atoms with van der Waals surface area (Å²) >= 11 is 0. The molecular weight excluding hydrogens is 500 g/mol. The Balaban J connectivity index is 1.34. The predicted molar refractivity (Wildman–Crippen MR) is 149 cm³/mol. The second-order valence-electron chi connectivity index (χ2n) is 9.47. The van der Waals surface area contributed by atoms with E-state index in [9.17, 15) is 14.7 Å². The average molecular weight is 533 g/mol. The Morgan fingerprint density at radius 1 is 1.21 bits per heavy atom. The molecule has 3 aliphatic rings. The molecule has 3 aliphatic heterocycles. The lowest BCUT2D eigenvalue weighted by molar-refractivity contribution is 0.0302. The molecule has 1 aromatic heterocycles. The predicted octanol–water partition coefficient (Wildman–Crippen LogP) is 2.12. The first-order valence-electron chi connectivity index (χ1n) is 12.8. The van der Waals surface area contributed by atoms with E-state index in [1.807, 2.05) is 42.4 Å². The van der Waals surface area contributed by atoms with Gasteiger partial charge in [-0.2, -0.15) is 4.99 Å². The molecule has 5 rings (SSSR count). The Hall–Kier alpha value is -4.26. The van der Waals surface area contributed by atoms with Crippen molar-refractivity contribution in [3.05, 3.63) is 72.0 Å². The van der Waals surface area contributed by atoms with Crippen LogP contribution in [0.25, 0.3) is 0 Å². The van der Waals surface area contributed by atoms with Gasteiger partial charge in [0.15, 0.2) is 6.20 Å². The molecule has 2 aromatic rings. The molecule has 39 heavy (non-hydrogen) atoms. The number of anilines is 3. The van der Waals surface area contributed by atoms with Crippen LogP contribution >= 0.6 is 0 Å². The number of aliphatic hydroxyl groups excluding tert-OH is 1. The van der Waals surface area contributed by atoms with E-state index < -0.39 is 0 Å². The Bertz CT molecular complexity index is 1320. The molecule has 1 radical (unpaired) electrons. The third kappa shape index (κ3) is 5.93. The van der Waals surface area contributed by atoms with Crippen LogP contribution < -0.4 is 25.8 Å². The van der Waals surface area contributed by atoms with Gasteiger partial charge in [-0.15, -0.1) is 0 Å². The van der Waals surface area contributed by atoms with Gasteiger partial charge >= 0.3 is 11.9 Å². The number of benzene rings is 1. The maximum absolute atomic E-state index is 12.8. The van der Waals surface area contributed by atoms with Gasteiger partial charge in [0, 0.05) is 31.2 Å². The van der Waals surface area contributed by atoms with Gasteiger partial charge in [-0.05, 0) is 43.7 Å². The molecule has 1 aromatic carbocycles. The van der Waals surface area contributed by atoms with Crippen molar-refractivity contribution in [2.24, 2.45) is 4.99 Å². The van der Waals surface area contributed by atoms with Crippen LogP contribution in [0.5, 0.6) is 0 Å². The average Bonchev–Trinajstić information content (AvgIpc) is 3.44. The monoisotopic (exact) mass is 532 g/mol. The van der Waals surface area contributed by atoms with Crippen LogP contribution in [-0.4, -0.2) is 78.4 Å². The fourth-order valence-electron chi connectivity index (χ4n) is 4.50. The SMILES string of the molecule is Cc1c(NC(=O)N[C@H](C)CO)cccc1N1C=C(Nc2ccc(C(=O)N3CCOCC3)cn2)C2=NC=C[N+]2C1. The third-order valence-corrected chi connectivity index (χ3v) is 6.63. The number of urea groups is 1. The van der Waals surface area contributed by atoms with E-state index in [1.54, 1.807) is 36.4 Å². The number of aliphatic imine (C=N–C) groups is 1. The van der Waals surface area contributed by atoms with Crippen LogP contribution in [0, 0.1) is 6.92 Å². The molecule has 0 saturated carbocycles. The van der Waals surface area contributed by atoms with Crippen LogP contribution in [0.3, 0.4) is 0 Å².